The van der Waals surface area contributed by atoms with Gasteiger partial charge in [-0.05, 0) is 45.2 Å². The van der Waals surface area contributed by atoms with E-state index in [0.29, 0.717) is 12.1 Å². The van der Waals surface area contributed by atoms with E-state index < -0.39 is 54.5 Å². The number of rotatable bonds is 13. The van der Waals surface area contributed by atoms with Crippen molar-refractivity contribution in [2.75, 3.05) is 19.7 Å². The van der Waals surface area contributed by atoms with E-state index in [1.807, 2.05) is 19.1 Å². The van der Waals surface area contributed by atoms with Crippen LogP contribution >= 0.6 is 0 Å². The number of hydrogen-bond acceptors (Lipinski definition) is 6. The number of benzene rings is 1. The van der Waals surface area contributed by atoms with Crippen molar-refractivity contribution in [3.05, 3.63) is 35.4 Å². The maximum atomic E-state index is 13.6. The van der Waals surface area contributed by atoms with E-state index in [0.717, 1.165) is 24.8 Å². The molecule has 10 nitrogen and oxygen atoms in total. The number of aliphatic hydroxyl groups is 1. The lowest BCUT2D eigenvalue weighted by Gasteiger charge is -2.34. The smallest absolute Gasteiger partial charge is 0.408 e. The molecule has 0 aliphatic carbocycles. The third-order valence-electron chi connectivity index (χ3n) is 5.14. The predicted molar refractivity (Wildman–Crippen MR) is 132 cm³/mol. The molecule has 2 atom stereocenters. The van der Waals surface area contributed by atoms with Crippen LogP contribution in [0.2, 0.25) is 0 Å². The van der Waals surface area contributed by atoms with Crippen molar-refractivity contribution in [3.8, 4) is 0 Å². The highest BCUT2D eigenvalue weighted by Crippen LogP contribution is 2.25. The molecule has 0 heterocycles. The zero-order chi connectivity index (χ0) is 26.6. The summed E-state index contributed by atoms with van der Waals surface area (Å²) in [5.41, 5.74) is 5.84. The van der Waals surface area contributed by atoms with Crippen molar-refractivity contribution >= 4 is 23.8 Å². The number of nitrogens with two attached hydrogens (primary N) is 1. The SMILES string of the molecule is CCCCCNC(=O)C(c1ccccc1C)N(CCO)C(=O)C(CC(N)=O)NC(=O)OC(C)(C)C. The molecule has 1 aromatic carbocycles. The Morgan fingerprint density at radius 2 is 1.80 bits per heavy atom. The first kappa shape index (κ1) is 29.9. The van der Waals surface area contributed by atoms with Crippen LogP contribution < -0.4 is 16.4 Å². The Hall–Kier alpha value is -3.14. The molecule has 0 aliphatic rings. The number of unbranched alkanes of at least 4 members (excludes halogenated alkanes) is 2. The van der Waals surface area contributed by atoms with Gasteiger partial charge in [0.1, 0.15) is 17.7 Å². The Bertz CT molecular complexity index is 868. The van der Waals surface area contributed by atoms with Crippen molar-refractivity contribution in [2.24, 2.45) is 5.73 Å². The molecule has 4 amide bonds. The quantitative estimate of drug-likeness (QED) is 0.309. The molecule has 1 rings (SSSR count). The number of carbonyl (C=O) groups excluding carboxylic acids is 4. The molecule has 0 bridgehead atoms. The molecule has 0 saturated heterocycles. The maximum Gasteiger partial charge on any atom is 0.408 e. The Morgan fingerprint density at radius 3 is 2.34 bits per heavy atom. The second-order valence-electron chi connectivity index (χ2n) is 9.38. The number of nitrogens with zero attached hydrogens (tertiary/aromatic N) is 1. The van der Waals surface area contributed by atoms with Crippen molar-refractivity contribution < 1.29 is 29.0 Å². The van der Waals surface area contributed by atoms with Crippen LogP contribution in [-0.2, 0) is 19.1 Å². The van der Waals surface area contributed by atoms with E-state index in [9.17, 15) is 24.3 Å². The molecule has 0 radical (unpaired) electrons. The summed E-state index contributed by atoms with van der Waals surface area (Å²) in [5.74, 6) is -1.98. The molecule has 5 N–H and O–H groups in total. The van der Waals surface area contributed by atoms with Crippen molar-refractivity contribution in [1.82, 2.24) is 15.5 Å². The maximum absolute atomic E-state index is 13.6. The minimum atomic E-state index is -1.38. The fourth-order valence-electron chi connectivity index (χ4n) is 3.55. The number of alkyl carbamates (subject to hydrolysis) is 1. The van der Waals surface area contributed by atoms with E-state index in [-0.39, 0.29) is 6.54 Å². The normalized spacial score (nSPS) is 12.9. The van der Waals surface area contributed by atoms with Gasteiger partial charge in [-0.1, -0.05) is 44.0 Å². The van der Waals surface area contributed by atoms with E-state index in [4.69, 9.17) is 10.5 Å². The summed E-state index contributed by atoms with van der Waals surface area (Å²) in [6.07, 6.45) is 1.30. The van der Waals surface area contributed by atoms with Crippen LogP contribution in [0.5, 0.6) is 0 Å². The number of ether oxygens (including phenoxy) is 1. The summed E-state index contributed by atoms with van der Waals surface area (Å²) in [5, 5.41) is 15.0. The Kier molecular flexibility index (Phi) is 12.2. The fourth-order valence-corrected chi connectivity index (χ4v) is 3.55. The summed E-state index contributed by atoms with van der Waals surface area (Å²) >= 11 is 0. The molecule has 10 heteroatoms. The molecule has 35 heavy (non-hydrogen) atoms. The Labute approximate surface area is 207 Å². The third kappa shape index (κ3) is 10.3. The highest BCUT2D eigenvalue weighted by Gasteiger charge is 2.37. The summed E-state index contributed by atoms with van der Waals surface area (Å²) in [7, 11) is 0. The molecule has 2 unspecified atom stereocenters. The van der Waals surface area contributed by atoms with Gasteiger partial charge >= 0.3 is 6.09 Å². The number of aliphatic hydroxyl groups excluding tert-OH is 1. The Balaban J connectivity index is 3.37. The molecule has 0 fully saturated rings. The first-order valence-corrected chi connectivity index (χ1v) is 11.9. The number of aryl methyl sites for hydroxylation is 1. The van der Waals surface area contributed by atoms with Crippen LogP contribution in [0, 0.1) is 6.92 Å². The number of primary amides is 1. The van der Waals surface area contributed by atoms with Crippen LogP contribution in [-0.4, -0.2) is 65.2 Å². The number of amides is 4. The first-order valence-electron chi connectivity index (χ1n) is 11.9. The molecule has 196 valence electrons. The molecule has 0 aromatic heterocycles. The van der Waals surface area contributed by atoms with Crippen LogP contribution in [0.4, 0.5) is 4.79 Å². The lowest BCUT2D eigenvalue weighted by atomic mass is 9.97. The zero-order valence-electron chi connectivity index (χ0n) is 21.4. The largest absolute Gasteiger partial charge is 0.444 e. The molecular weight excluding hydrogens is 452 g/mol. The second kappa shape index (κ2) is 14.3. The number of hydrogen-bond donors (Lipinski definition) is 4. The van der Waals surface area contributed by atoms with Gasteiger partial charge in [-0.2, -0.15) is 0 Å². The van der Waals surface area contributed by atoms with E-state index in [2.05, 4.69) is 17.6 Å². The highest BCUT2D eigenvalue weighted by molar-refractivity contribution is 5.94. The average molecular weight is 493 g/mol. The summed E-state index contributed by atoms with van der Waals surface area (Å²) in [6, 6.07) is 4.64. The van der Waals surface area contributed by atoms with Crippen molar-refractivity contribution in [1.29, 1.82) is 0 Å². The van der Waals surface area contributed by atoms with Gasteiger partial charge in [-0.15, -0.1) is 0 Å². The molecule has 0 spiro atoms. The van der Waals surface area contributed by atoms with Gasteiger partial charge in [0.2, 0.25) is 17.7 Å². The van der Waals surface area contributed by atoms with Gasteiger partial charge in [0.05, 0.1) is 13.0 Å². The van der Waals surface area contributed by atoms with Gasteiger partial charge in [0.25, 0.3) is 0 Å². The van der Waals surface area contributed by atoms with E-state index in [1.165, 1.54) is 4.90 Å². The molecule has 0 aliphatic heterocycles. The van der Waals surface area contributed by atoms with Gasteiger partial charge in [-0.3, -0.25) is 14.4 Å². The number of carbonyl (C=O) groups is 4. The van der Waals surface area contributed by atoms with Gasteiger partial charge in [-0.25, -0.2) is 4.79 Å². The summed E-state index contributed by atoms with van der Waals surface area (Å²) < 4.78 is 5.23. The molecule has 1 aromatic rings. The monoisotopic (exact) mass is 492 g/mol. The number of nitrogens with one attached hydrogen (secondary N) is 2. The minimum Gasteiger partial charge on any atom is -0.444 e. The highest BCUT2D eigenvalue weighted by atomic mass is 16.6. The predicted octanol–water partition coefficient (Wildman–Crippen LogP) is 1.93. The van der Waals surface area contributed by atoms with Crippen molar-refractivity contribution in [3.63, 3.8) is 0 Å². The van der Waals surface area contributed by atoms with E-state index in [1.54, 1.807) is 32.9 Å². The van der Waals surface area contributed by atoms with Crippen molar-refractivity contribution in [2.45, 2.75) is 78.0 Å². The zero-order valence-corrected chi connectivity index (χ0v) is 21.4. The van der Waals surface area contributed by atoms with Crippen LogP contribution in [0.15, 0.2) is 24.3 Å². The van der Waals surface area contributed by atoms with Crippen LogP contribution in [0.1, 0.15) is 70.5 Å². The van der Waals surface area contributed by atoms with Gasteiger partial charge < -0.3 is 31.1 Å². The van der Waals surface area contributed by atoms with Crippen LogP contribution in [0.25, 0.3) is 0 Å². The summed E-state index contributed by atoms with van der Waals surface area (Å²) in [6.45, 7) is 8.63. The van der Waals surface area contributed by atoms with Gasteiger partial charge in [0, 0.05) is 13.1 Å². The second-order valence-corrected chi connectivity index (χ2v) is 9.38. The lowest BCUT2D eigenvalue weighted by molar-refractivity contribution is -0.143. The topological polar surface area (TPSA) is 151 Å². The third-order valence-corrected chi connectivity index (χ3v) is 5.14. The molecular formula is C25H40N4O6. The first-order chi connectivity index (χ1) is 16.4. The Morgan fingerprint density at radius 1 is 1.14 bits per heavy atom. The lowest BCUT2D eigenvalue weighted by Crippen LogP contribution is -2.54. The molecule has 0 saturated carbocycles. The fraction of sp³-hybridized carbons (Fsp3) is 0.600. The van der Waals surface area contributed by atoms with Crippen LogP contribution in [0.3, 0.4) is 0 Å². The summed E-state index contributed by atoms with van der Waals surface area (Å²) in [4.78, 5) is 52.3. The van der Waals surface area contributed by atoms with E-state index >= 15 is 0 Å². The minimum absolute atomic E-state index is 0.203. The standard InChI is InChI=1S/C25H40N4O6/c1-6-7-10-13-27-22(32)21(18-12-9-8-11-17(18)2)29(14-15-30)23(33)19(16-20(26)31)28-24(34)35-25(3,4)5/h8-9,11-12,19,21,30H,6-7,10,13-16H2,1-5H3,(H2,26,31)(H,27,32)(H,28,34). The van der Waals surface area contributed by atoms with Gasteiger partial charge in [0.15, 0.2) is 0 Å². The average Bonchev–Trinajstić information content (AvgIpc) is 2.75.